The summed E-state index contributed by atoms with van der Waals surface area (Å²) >= 11 is 0. The molecular formula is C7H8F2. The molecule has 0 aliphatic heterocycles. The summed E-state index contributed by atoms with van der Waals surface area (Å²) in [6.45, 7) is 1.93. The lowest BCUT2D eigenvalue weighted by atomic mass is 10.2. The molecule has 2 heteroatoms. The predicted molar refractivity (Wildman–Crippen MR) is 33.6 cm³/mol. The number of hydrogen-bond donors (Lipinski definition) is 0. The van der Waals surface area contributed by atoms with E-state index >= 15 is 0 Å². The molecule has 9 heavy (non-hydrogen) atoms. The molecule has 0 atom stereocenters. The Bertz CT molecular complexity index is 146. The summed E-state index contributed by atoms with van der Waals surface area (Å²) in [5, 5.41) is 0. The molecule has 0 nitrogen and oxygen atoms in total. The zero-order valence-electron chi connectivity index (χ0n) is 5.10. The van der Waals surface area contributed by atoms with E-state index in [-0.39, 0.29) is 10.5 Å². The Hall–Kier alpha value is -0.920. The molecule has 0 unspecified atom stereocenters. The van der Waals surface area contributed by atoms with E-state index in [2.05, 4.69) is 0 Å². The second-order valence-electron chi connectivity index (χ2n) is 1.80. The van der Waals surface area contributed by atoms with Crippen molar-refractivity contribution in [1.82, 2.24) is 0 Å². The molecule has 1 aromatic rings. The number of benzene rings is 1. The minimum Gasteiger partial charge on any atom is -0.269 e. The van der Waals surface area contributed by atoms with Crippen molar-refractivity contribution in [2.24, 2.45) is 0 Å². The van der Waals surface area contributed by atoms with Crippen LogP contribution in [0.3, 0.4) is 0 Å². The first-order valence-electron chi connectivity index (χ1n) is 2.51. The second kappa shape index (κ2) is 3.17. The van der Waals surface area contributed by atoms with Crippen molar-refractivity contribution >= 4 is 0 Å². The second-order valence-corrected chi connectivity index (χ2v) is 1.80. The zero-order valence-corrected chi connectivity index (χ0v) is 5.10. The van der Waals surface area contributed by atoms with Crippen LogP contribution < -0.4 is 0 Å². The Kier molecular flexibility index (Phi) is 2.85. The van der Waals surface area contributed by atoms with Crippen molar-refractivity contribution in [3.63, 3.8) is 0 Å². The van der Waals surface area contributed by atoms with Gasteiger partial charge >= 0.3 is 0 Å². The molecule has 0 fully saturated rings. The molecule has 0 saturated carbocycles. The van der Waals surface area contributed by atoms with Gasteiger partial charge in [-0.2, -0.15) is 0 Å². The molecule has 0 aromatic heterocycles. The van der Waals surface area contributed by atoms with E-state index in [0.29, 0.717) is 0 Å². The third-order valence-corrected chi connectivity index (χ3v) is 1.01. The van der Waals surface area contributed by atoms with Gasteiger partial charge in [0.25, 0.3) is 0 Å². The van der Waals surface area contributed by atoms with E-state index in [1.165, 1.54) is 12.1 Å². The number of rotatable bonds is 0. The summed E-state index contributed by atoms with van der Waals surface area (Å²) in [4.78, 5) is 0. The van der Waals surface area contributed by atoms with Crippen LogP contribution in [0.2, 0.25) is 0 Å². The van der Waals surface area contributed by atoms with Gasteiger partial charge in [-0.15, -0.1) is 0 Å². The van der Waals surface area contributed by atoms with Crippen molar-refractivity contribution in [1.29, 1.82) is 0 Å². The summed E-state index contributed by atoms with van der Waals surface area (Å²) in [7, 11) is 0. The summed E-state index contributed by atoms with van der Waals surface area (Å²) < 4.78 is 12.1. The van der Waals surface area contributed by atoms with Crippen LogP contribution in [-0.2, 0) is 0 Å². The molecule has 0 bridgehead atoms. The molecule has 0 aliphatic carbocycles. The van der Waals surface area contributed by atoms with Gasteiger partial charge in [0.1, 0.15) is 5.82 Å². The summed E-state index contributed by atoms with van der Waals surface area (Å²) in [5.41, 5.74) is 1.09. The third-order valence-electron chi connectivity index (χ3n) is 1.01. The van der Waals surface area contributed by atoms with Crippen molar-refractivity contribution in [3.8, 4) is 0 Å². The lowest BCUT2D eigenvalue weighted by Crippen LogP contribution is -1.71. The van der Waals surface area contributed by atoms with Crippen LogP contribution in [0.1, 0.15) is 5.56 Å². The fourth-order valence-electron chi connectivity index (χ4n) is 0.533. The maximum absolute atomic E-state index is 12.1. The largest absolute Gasteiger partial charge is 0.269 e. The number of hydrogen-bond acceptors (Lipinski definition) is 0. The maximum Gasteiger partial charge on any atom is 0.123 e. The Morgan fingerprint density at radius 2 is 1.56 bits per heavy atom. The van der Waals surface area contributed by atoms with Crippen molar-refractivity contribution in [3.05, 3.63) is 35.6 Å². The topological polar surface area (TPSA) is 0 Å². The first kappa shape index (κ1) is 8.08. The van der Waals surface area contributed by atoms with Crippen LogP contribution in [0, 0.1) is 12.7 Å². The SMILES string of the molecule is Cc1ccc(F)cc1.F. The minimum atomic E-state index is -0.171. The molecule has 0 amide bonds. The molecule has 1 rings (SSSR count). The smallest absolute Gasteiger partial charge is 0.123 e. The molecule has 0 aliphatic rings. The lowest BCUT2D eigenvalue weighted by Gasteiger charge is -1.87. The summed E-state index contributed by atoms with van der Waals surface area (Å²) in [6.07, 6.45) is 0. The fraction of sp³-hybridized carbons (Fsp3) is 0.143. The quantitative estimate of drug-likeness (QED) is 0.505. The predicted octanol–water partition coefficient (Wildman–Crippen LogP) is 2.29. The number of aryl methyl sites for hydroxylation is 1. The Balaban J connectivity index is 0.000000640. The fourth-order valence-corrected chi connectivity index (χ4v) is 0.533. The highest BCUT2D eigenvalue weighted by atomic mass is 19.1. The van der Waals surface area contributed by atoms with Crippen LogP contribution in [0.5, 0.6) is 0 Å². The van der Waals surface area contributed by atoms with Gasteiger partial charge in [0.2, 0.25) is 0 Å². The monoisotopic (exact) mass is 130 g/mol. The molecule has 0 radical (unpaired) electrons. The molecule has 1 aromatic carbocycles. The van der Waals surface area contributed by atoms with Crippen LogP contribution in [0.15, 0.2) is 24.3 Å². The van der Waals surface area contributed by atoms with Gasteiger partial charge in [-0.3, -0.25) is 4.70 Å². The molecule has 50 valence electrons. The van der Waals surface area contributed by atoms with Crippen LogP contribution in [0.25, 0.3) is 0 Å². The van der Waals surface area contributed by atoms with Gasteiger partial charge in [-0.25, -0.2) is 4.39 Å². The van der Waals surface area contributed by atoms with E-state index in [1.807, 2.05) is 6.92 Å². The normalized spacial score (nSPS) is 8.22. The van der Waals surface area contributed by atoms with Crippen LogP contribution in [0.4, 0.5) is 9.09 Å². The molecule has 0 heterocycles. The molecule has 0 saturated heterocycles. The first-order chi connectivity index (χ1) is 3.79. The van der Waals surface area contributed by atoms with E-state index in [4.69, 9.17) is 0 Å². The highest BCUT2D eigenvalue weighted by molar-refractivity contribution is 5.13. The maximum atomic E-state index is 12.1. The highest BCUT2D eigenvalue weighted by Gasteiger charge is 1.83. The molecule has 0 spiro atoms. The third kappa shape index (κ3) is 2.22. The highest BCUT2D eigenvalue weighted by Crippen LogP contribution is 1.98. The van der Waals surface area contributed by atoms with E-state index in [9.17, 15) is 4.39 Å². The van der Waals surface area contributed by atoms with Gasteiger partial charge in [0.15, 0.2) is 0 Å². The van der Waals surface area contributed by atoms with Crippen LogP contribution >= 0.6 is 0 Å². The Morgan fingerprint density at radius 3 is 1.89 bits per heavy atom. The lowest BCUT2D eigenvalue weighted by molar-refractivity contribution is 0.627. The molecular weight excluding hydrogens is 122 g/mol. The number of halogens is 2. The summed E-state index contributed by atoms with van der Waals surface area (Å²) in [5.74, 6) is -0.171. The Labute approximate surface area is 52.7 Å². The standard InChI is InChI=1S/C7H7F.FH/c1-6-2-4-7(8)5-3-6;/h2-5H,1H3;1H. The van der Waals surface area contributed by atoms with Gasteiger partial charge in [-0.05, 0) is 19.1 Å². The molecule has 0 N–H and O–H groups in total. The van der Waals surface area contributed by atoms with E-state index < -0.39 is 0 Å². The van der Waals surface area contributed by atoms with E-state index in [1.54, 1.807) is 12.1 Å². The minimum absolute atomic E-state index is 0. The average Bonchev–Trinajstić information content (AvgIpc) is 1.77. The average molecular weight is 130 g/mol. The van der Waals surface area contributed by atoms with Gasteiger partial charge < -0.3 is 0 Å². The van der Waals surface area contributed by atoms with Crippen molar-refractivity contribution in [2.45, 2.75) is 6.92 Å². The van der Waals surface area contributed by atoms with Crippen molar-refractivity contribution < 1.29 is 9.09 Å². The Morgan fingerprint density at radius 1 is 1.11 bits per heavy atom. The summed E-state index contributed by atoms with van der Waals surface area (Å²) in [6, 6.07) is 6.40. The van der Waals surface area contributed by atoms with Gasteiger partial charge in [-0.1, -0.05) is 17.7 Å². The van der Waals surface area contributed by atoms with Gasteiger partial charge in [0.05, 0.1) is 0 Å². The van der Waals surface area contributed by atoms with Crippen LogP contribution in [-0.4, -0.2) is 0 Å². The first-order valence-corrected chi connectivity index (χ1v) is 2.51. The van der Waals surface area contributed by atoms with Gasteiger partial charge in [0, 0.05) is 0 Å². The van der Waals surface area contributed by atoms with E-state index in [0.717, 1.165) is 5.56 Å². The zero-order chi connectivity index (χ0) is 5.98. The van der Waals surface area contributed by atoms with Crippen molar-refractivity contribution in [2.75, 3.05) is 0 Å².